The van der Waals surface area contributed by atoms with Gasteiger partial charge in [-0.3, -0.25) is 0 Å². The molecular formula is C16H21N3OS. The molecule has 1 aromatic carbocycles. The zero-order valence-corrected chi connectivity index (χ0v) is 13.5. The van der Waals surface area contributed by atoms with Crippen LogP contribution in [0.1, 0.15) is 29.3 Å². The van der Waals surface area contributed by atoms with Crippen LogP contribution in [0, 0.1) is 0 Å². The van der Waals surface area contributed by atoms with E-state index in [0.29, 0.717) is 5.92 Å². The highest BCUT2D eigenvalue weighted by atomic mass is 32.1. The van der Waals surface area contributed by atoms with Crippen molar-refractivity contribution in [3.63, 3.8) is 0 Å². The Kier molecular flexibility index (Phi) is 4.12. The van der Waals surface area contributed by atoms with Crippen molar-refractivity contribution in [3.8, 4) is 5.75 Å². The van der Waals surface area contributed by atoms with Gasteiger partial charge in [-0.2, -0.15) is 0 Å². The lowest BCUT2D eigenvalue weighted by Crippen LogP contribution is -2.08. The van der Waals surface area contributed by atoms with Gasteiger partial charge in [-0.1, -0.05) is 11.3 Å². The first-order valence-corrected chi connectivity index (χ1v) is 8.06. The fourth-order valence-electron chi connectivity index (χ4n) is 2.37. The lowest BCUT2D eigenvalue weighted by Gasteiger charge is -2.16. The van der Waals surface area contributed by atoms with Gasteiger partial charge in [0.2, 0.25) is 0 Å². The fourth-order valence-corrected chi connectivity index (χ4v) is 3.51. The molecule has 0 atom stereocenters. The van der Waals surface area contributed by atoms with E-state index in [1.165, 1.54) is 23.4 Å². The molecule has 1 aromatic heterocycles. The van der Waals surface area contributed by atoms with Crippen LogP contribution in [0.25, 0.3) is 0 Å². The van der Waals surface area contributed by atoms with Crippen LogP contribution >= 0.6 is 11.3 Å². The van der Waals surface area contributed by atoms with E-state index < -0.39 is 0 Å². The van der Waals surface area contributed by atoms with Crippen molar-refractivity contribution in [2.45, 2.75) is 25.3 Å². The number of benzene rings is 1. The third kappa shape index (κ3) is 3.04. The number of ether oxygens (including phenoxy) is 1. The standard InChI is InChI=1S/C16H21N3OS/c1-17-10-14-15(11-4-5-11)18-16(21-14)19(2)12-6-8-13(20-3)9-7-12/h6-9,11,17H,4-5,10H2,1-3H3. The number of rotatable bonds is 6. The molecule has 3 rings (SSSR count). The molecule has 0 bridgehead atoms. The molecule has 1 aliphatic carbocycles. The number of thiazole rings is 1. The average Bonchev–Trinajstić information content (AvgIpc) is 3.28. The first-order valence-electron chi connectivity index (χ1n) is 7.25. The zero-order chi connectivity index (χ0) is 14.8. The molecule has 0 saturated heterocycles. The second kappa shape index (κ2) is 6.03. The highest BCUT2D eigenvalue weighted by Crippen LogP contribution is 2.44. The Morgan fingerprint density at radius 3 is 2.62 bits per heavy atom. The summed E-state index contributed by atoms with van der Waals surface area (Å²) in [7, 11) is 5.75. The summed E-state index contributed by atoms with van der Waals surface area (Å²) in [5, 5.41) is 4.31. The van der Waals surface area contributed by atoms with Crippen molar-refractivity contribution in [2.24, 2.45) is 0 Å². The molecule has 2 aromatic rings. The van der Waals surface area contributed by atoms with Gasteiger partial charge in [-0.15, -0.1) is 0 Å². The summed E-state index contributed by atoms with van der Waals surface area (Å²) in [5.41, 5.74) is 2.42. The van der Waals surface area contributed by atoms with Crippen LogP contribution < -0.4 is 15.0 Å². The molecule has 1 saturated carbocycles. The molecule has 1 fully saturated rings. The Labute approximate surface area is 129 Å². The molecule has 0 spiro atoms. The van der Waals surface area contributed by atoms with Gasteiger partial charge >= 0.3 is 0 Å². The summed E-state index contributed by atoms with van der Waals surface area (Å²) in [6.07, 6.45) is 2.57. The van der Waals surface area contributed by atoms with Crippen LogP contribution in [0.4, 0.5) is 10.8 Å². The minimum Gasteiger partial charge on any atom is -0.497 e. The molecule has 1 aliphatic rings. The van der Waals surface area contributed by atoms with Crippen LogP contribution in [0.15, 0.2) is 24.3 Å². The summed E-state index contributed by atoms with van der Waals surface area (Å²) >= 11 is 1.79. The highest BCUT2D eigenvalue weighted by Gasteiger charge is 2.30. The minimum absolute atomic E-state index is 0.683. The first-order chi connectivity index (χ1) is 10.2. The lowest BCUT2D eigenvalue weighted by molar-refractivity contribution is 0.415. The molecule has 0 amide bonds. The Balaban J connectivity index is 1.85. The maximum atomic E-state index is 5.21. The molecule has 21 heavy (non-hydrogen) atoms. The maximum Gasteiger partial charge on any atom is 0.190 e. The van der Waals surface area contributed by atoms with Crippen LogP contribution in [0.5, 0.6) is 5.75 Å². The monoisotopic (exact) mass is 303 g/mol. The molecule has 1 heterocycles. The zero-order valence-electron chi connectivity index (χ0n) is 12.7. The van der Waals surface area contributed by atoms with Gasteiger partial charge in [0.05, 0.1) is 12.8 Å². The fraction of sp³-hybridized carbons (Fsp3) is 0.438. The lowest BCUT2D eigenvalue weighted by atomic mass is 10.2. The van der Waals surface area contributed by atoms with Gasteiger partial charge in [0.15, 0.2) is 5.13 Å². The van der Waals surface area contributed by atoms with Gasteiger partial charge in [-0.25, -0.2) is 4.98 Å². The van der Waals surface area contributed by atoms with E-state index in [9.17, 15) is 0 Å². The van der Waals surface area contributed by atoms with Crippen molar-refractivity contribution in [1.29, 1.82) is 0 Å². The van der Waals surface area contributed by atoms with E-state index in [0.717, 1.165) is 23.1 Å². The van der Waals surface area contributed by atoms with Gasteiger partial charge < -0.3 is 15.0 Å². The quantitative estimate of drug-likeness (QED) is 0.886. The first kappa shape index (κ1) is 14.4. The molecule has 5 heteroatoms. The van der Waals surface area contributed by atoms with Crippen molar-refractivity contribution >= 4 is 22.2 Å². The second-order valence-electron chi connectivity index (χ2n) is 5.37. The van der Waals surface area contributed by atoms with Crippen molar-refractivity contribution in [3.05, 3.63) is 34.8 Å². The molecule has 112 valence electrons. The molecule has 0 aliphatic heterocycles. The Morgan fingerprint density at radius 1 is 1.33 bits per heavy atom. The summed E-state index contributed by atoms with van der Waals surface area (Å²) in [5.74, 6) is 1.56. The van der Waals surface area contributed by atoms with Gasteiger partial charge in [0.25, 0.3) is 0 Å². The van der Waals surface area contributed by atoms with Gasteiger partial charge in [0, 0.05) is 30.1 Å². The van der Waals surface area contributed by atoms with E-state index in [2.05, 4.69) is 29.4 Å². The van der Waals surface area contributed by atoms with Crippen molar-refractivity contribution in [1.82, 2.24) is 10.3 Å². The molecular weight excluding hydrogens is 282 g/mol. The van der Waals surface area contributed by atoms with E-state index >= 15 is 0 Å². The summed E-state index contributed by atoms with van der Waals surface area (Å²) in [6.45, 7) is 0.903. The van der Waals surface area contributed by atoms with Crippen LogP contribution in [0.3, 0.4) is 0 Å². The minimum atomic E-state index is 0.683. The number of hydrogen-bond acceptors (Lipinski definition) is 5. The third-order valence-electron chi connectivity index (χ3n) is 3.76. The summed E-state index contributed by atoms with van der Waals surface area (Å²) in [4.78, 5) is 8.40. The molecule has 0 radical (unpaired) electrons. The largest absolute Gasteiger partial charge is 0.497 e. The van der Waals surface area contributed by atoms with Gasteiger partial charge in [-0.05, 0) is 44.2 Å². The number of nitrogens with one attached hydrogen (secondary N) is 1. The van der Waals surface area contributed by atoms with E-state index in [4.69, 9.17) is 9.72 Å². The Hall–Kier alpha value is -1.59. The average molecular weight is 303 g/mol. The second-order valence-corrected chi connectivity index (χ2v) is 6.43. The smallest absolute Gasteiger partial charge is 0.190 e. The highest BCUT2D eigenvalue weighted by molar-refractivity contribution is 7.15. The van der Waals surface area contributed by atoms with Crippen molar-refractivity contribution < 1.29 is 4.74 Å². The normalized spacial score (nSPS) is 14.2. The van der Waals surface area contributed by atoms with Gasteiger partial charge in [0.1, 0.15) is 5.75 Å². The number of anilines is 2. The predicted octanol–water partition coefficient (Wildman–Crippen LogP) is 3.52. The topological polar surface area (TPSA) is 37.4 Å². The van der Waals surface area contributed by atoms with Crippen molar-refractivity contribution in [2.75, 3.05) is 26.1 Å². The number of methoxy groups -OCH3 is 1. The molecule has 1 N–H and O–H groups in total. The number of aromatic nitrogens is 1. The third-order valence-corrected chi connectivity index (χ3v) is 4.91. The number of hydrogen-bond donors (Lipinski definition) is 1. The van der Waals surface area contributed by atoms with E-state index in [1.807, 2.05) is 19.2 Å². The Morgan fingerprint density at radius 2 is 2.05 bits per heavy atom. The van der Waals surface area contributed by atoms with Crippen LogP contribution in [-0.4, -0.2) is 26.2 Å². The Bertz CT molecular complexity index is 604. The number of nitrogens with zero attached hydrogens (tertiary/aromatic N) is 2. The maximum absolute atomic E-state index is 5.21. The molecule has 4 nitrogen and oxygen atoms in total. The predicted molar refractivity (Wildman–Crippen MR) is 87.9 cm³/mol. The van der Waals surface area contributed by atoms with E-state index in [1.54, 1.807) is 18.4 Å². The summed E-state index contributed by atoms with van der Waals surface area (Å²) in [6, 6.07) is 8.09. The van der Waals surface area contributed by atoms with E-state index in [-0.39, 0.29) is 0 Å². The molecule has 0 unspecified atom stereocenters. The SMILES string of the molecule is CNCc1sc(N(C)c2ccc(OC)cc2)nc1C1CC1. The van der Waals surface area contributed by atoms with Crippen LogP contribution in [-0.2, 0) is 6.54 Å². The summed E-state index contributed by atoms with van der Waals surface area (Å²) < 4.78 is 5.21. The van der Waals surface area contributed by atoms with Crippen LogP contribution in [0.2, 0.25) is 0 Å².